The fourth-order valence-corrected chi connectivity index (χ4v) is 1.99. The Kier molecular flexibility index (Phi) is 5.42. The number of hydrogen-bond donors (Lipinski definition) is 1. The van der Waals surface area contributed by atoms with Crippen LogP contribution in [0.1, 0.15) is 58.3 Å². The van der Waals surface area contributed by atoms with E-state index in [1.165, 1.54) is 57.9 Å². The lowest BCUT2D eigenvalue weighted by atomic mass is 9.95. The molecule has 1 nitrogen and oxygen atoms in total. The van der Waals surface area contributed by atoms with E-state index in [0.717, 1.165) is 6.04 Å². The Balaban J connectivity index is 1.91. The molecule has 0 saturated heterocycles. The second kappa shape index (κ2) is 6.47. The summed E-state index contributed by atoms with van der Waals surface area (Å²) in [6.07, 6.45) is 11.3. The molecule has 0 amide bonds. The van der Waals surface area contributed by atoms with Crippen molar-refractivity contribution in [3.8, 4) is 0 Å². The molecule has 0 aromatic heterocycles. The van der Waals surface area contributed by atoms with Gasteiger partial charge in [-0.25, -0.2) is 0 Å². The van der Waals surface area contributed by atoms with Crippen molar-refractivity contribution in [2.24, 2.45) is 0 Å². The molecular formula is C11H23N. The van der Waals surface area contributed by atoms with Gasteiger partial charge >= 0.3 is 0 Å². The molecule has 0 bridgehead atoms. The van der Waals surface area contributed by atoms with Gasteiger partial charge in [0.1, 0.15) is 0 Å². The summed E-state index contributed by atoms with van der Waals surface area (Å²) in [4.78, 5) is 0. The summed E-state index contributed by atoms with van der Waals surface area (Å²) in [5, 5.41) is 3.66. The van der Waals surface area contributed by atoms with Crippen LogP contribution in [-0.2, 0) is 0 Å². The third-order valence-electron chi connectivity index (χ3n) is 2.82. The van der Waals surface area contributed by atoms with Crippen molar-refractivity contribution in [2.75, 3.05) is 6.54 Å². The lowest BCUT2D eigenvalue weighted by Crippen LogP contribution is -2.31. The average molecular weight is 169 g/mol. The molecule has 12 heavy (non-hydrogen) atoms. The van der Waals surface area contributed by atoms with Crippen LogP contribution < -0.4 is 5.32 Å². The minimum absolute atomic E-state index is 0.857. The van der Waals surface area contributed by atoms with Crippen LogP contribution in [0.15, 0.2) is 0 Å². The topological polar surface area (TPSA) is 12.0 Å². The zero-order chi connectivity index (χ0) is 8.65. The summed E-state index contributed by atoms with van der Waals surface area (Å²) in [6.45, 7) is 3.51. The van der Waals surface area contributed by atoms with Gasteiger partial charge in [-0.15, -0.1) is 0 Å². The largest absolute Gasteiger partial charge is 0.314 e. The molecule has 0 aliphatic heterocycles. The van der Waals surface area contributed by atoms with E-state index in [-0.39, 0.29) is 0 Å². The van der Waals surface area contributed by atoms with Gasteiger partial charge in [-0.3, -0.25) is 0 Å². The highest BCUT2D eigenvalue weighted by Gasteiger charge is 2.11. The van der Waals surface area contributed by atoms with Crippen molar-refractivity contribution >= 4 is 0 Å². The van der Waals surface area contributed by atoms with Gasteiger partial charge < -0.3 is 5.32 Å². The van der Waals surface area contributed by atoms with Gasteiger partial charge in [-0.2, -0.15) is 0 Å². The molecular weight excluding hydrogens is 146 g/mol. The molecule has 1 saturated carbocycles. The monoisotopic (exact) mass is 169 g/mol. The fourth-order valence-electron chi connectivity index (χ4n) is 1.99. The lowest BCUT2D eigenvalue weighted by Gasteiger charge is -2.22. The van der Waals surface area contributed by atoms with E-state index in [0.29, 0.717) is 0 Å². The zero-order valence-electron chi connectivity index (χ0n) is 8.44. The van der Waals surface area contributed by atoms with Crippen LogP contribution >= 0.6 is 0 Å². The van der Waals surface area contributed by atoms with E-state index in [2.05, 4.69) is 12.2 Å². The van der Waals surface area contributed by atoms with Crippen LogP contribution in [0.25, 0.3) is 0 Å². The van der Waals surface area contributed by atoms with Crippen molar-refractivity contribution in [2.45, 2.75) is 64.3 Å². The predicted molar refractivity (Wildman–Crippen MR) is 54.4 cm³/mol. The van der Waals surface area contributed by atoms with Gasteiger partial charge in [0, 0.05) is 6.04 Å². The Bertz CT molecular complexity index is 95.2. The molecule has 1 rings (SSSR count). The quantitative estimate of drug-likeness (QED) is 0.624. The Morgan fingerprint density at radius 2 is 1.83 bits per heavy atom. The van der Waals surface area contributed by atoms with Crippen molar-refractivity contribution in [3.05, 3.63) is 0 Å². The first-order valence-corrected chi connectivity index (χ1v) is 5.67. The Labute approximate surface area is 76.9 Å². The molecule has 1 aliphatic rings. The predicted octanol–water partition coefficient (Wildman–Crippen LogP) is 3.10. The number of unbranched alkanes of at least 4 members (excludes halogenated alkanes) is 2. The third-order valence-corrected chi connectivity index (χ3v) is 2.82. The van der Waals surface area contributed by atoms with Crippen LogP contribution in [0.4, 0.5) is 0 Å². The van der Waals surface area contributed by atoms with Gasteiger partial charge in [-0.1, -0.05) is 39.0 Å². The first-order chi connectivity index (χ1) is 5.93. The highest BCUT2D eigenvalue weighted by molar-refractivity contribution is 4.71. The van der Waals surface area contributed by atoms with E-state index in [9.17, 15) is 0 Å². The maximum Gasteiger partial charge on any atom is 0.00670 e. The molecule has 72 valence electrons. The maximum atomic E-state index is 3.66. The summed E-state index contributed by atoms with van der Waals surface area (Å²) in [5.41, 5.74) is 0. The first kappa shape index (κ1) is 10.0. The molecule has 0 spiro atoms. The van der Waals surface area contributed by atoms with Gasteiger partial charge in [0.25, 0.3) is 0 Å². The number of hydrogen-bond acceptors (Lipinski definition) is 1. The van der Waals surface area contributed by atoms with Crippen LogP contribution in [0.5, 0.6) is 0 Å². The van der Waals surface area contributed by atoms with Crippen molar-refractivity contribution in [1.82, 2.24) is 5.32 Å². The molecule has 0 aromatic carbocycles. The second-order valence-corrected chi connectivity index (χ2v) is 4.00. The first-order valence-electron chi connectivity index (χ1n) is 5.67. The highest BCUT2D eigenvalue weighted by Crippen LogP contribution is 2.17. The Hall–Kier alpha value is -0.0400. The van der Waals surface area contributed by atoms with E-state index in [1.54, 1.807) is 0 Å². The molecule has 1 fully saturated rings. The van der Waals surface area contributed by atoms with Crippen molar-refractivity contribution in [3.63, 3.8) is 0 Å². The van der Waals surface area contributed by atoms with Crippen LogP contribution in [0, 0.1) is 0 Å². The molecule has 0 heterocycles. The van der Waals surface area contributed by atoms with Crippen molar-refractivity contribution < 1.29 is 0 Å². The SMILES string of the molecule is CCCCCNC1CCCCC1. The molecule has 0 unspecified atom stereocenters. The van der Waals surface area contributed by atoms with Gasteiger partial charge in [0.15, 0.2) is 0 Å². The smallest absolute Gasteiger partial charge is 0.00670 e. The molecule has 1 heteroatoms. The van der Waals surface area contributed by atoms with Gasteiger partial charge in [0.05, 0.1) is 0 Å². The van der Waals surface area contributed by atoms with E-state index in [1.807, 2.05) is 0 Å². The van der Waals surface area contributed by atoms with Crippen molar-refractivity contribution in [1.29, 1.82) is 0 Å². The van der Waals surface area contributed by atoms with Crippen LogP contribution in [-0.4, -0.2) is 12.6 Å². The highest BCUT2D eigenvalue weighted by atomic mass is 14.9. The summed E-state index contributed by atoms with van der Waals surface area (Å²) in [7, 11) is 0. The third kappa shape index (κ3) is 4.10. The molecule has 0 aromatic rings. The van der Waals surface area contributed by atoms with Crippen LogP contribution in [0.2, 0.25) is 0 Å². The standard InChI is InChI=1S/C11H23N/c1-2-3-7-10-12-11-8-5-4-6-9-11/h11-12H,2-10H2,1H3. The molecule has 0 atom stereocenters. The van der Waals surface area contributed by atoms with Gasteiger partial charge in [-0.05, 0) is 25.8 Å². The van der Waals surface area contributed by atoms with E-state index < -0.39 is 0 Å². The summed E-state index contributed by atoms with van der Waals surface area (Å²) in [5.74, 6) is 0. The zero-order valence-corrected chi connectivity index (χ0v) is 8.44. The Morgan fingerprint density at radius 3 is 2.50 bits per heavy atom. The maximum absolute atomic E-state index is 3.66. The number of rotatable bonds is 5. The fraction of sp³-hybridized carbons (Fsp3) is 1.00. The molecule has 0 radical (unpaired) electrons. The van der Waals surface area contributed by atoms with Gasteiger partial charge in [0.2, 0.25) is 0 Å². The summed E-state index contributed by atoms with van der Waals surface area (Å²) in [6, 6.07) is 0.857. The average Bonchev–Trinajstić information content (AvgIpc) is 2.14. The normalized spacial score (nSPS) is 19.8. The summed E-state index contributed by atoms with van der Waals surface area (Å²) >= 11 is 0. The molecule has 1 N–H and O–H groups in total. The Morgan fingerprint density at radius 1 is 1.08 bits per heavy atom. The minimum Gasteiger partial charge on any atom is -0.314 e. The second-order valence-electron chi connectivity index (χ2n) is 4.00. The van der Waals surface area contributed by atoms with E-state index >= 15 is 0 Å². The molecule has 1 aliphatic carbocycles. The summed E-state index contributed by atoms with van der Waals surface area (Å²) < 4.78 is 0. The minimum atomic E-state index is 0.857. The number of nitrogens with one attached hydrogen (secondary N) is 1. The van der Waals surface area contributed by atoms with E-state index in [4.69, 9.17) is 0 Å². The van der Waals surface area contributed by atoms with Crippen LogP contribution in [0.3, 0.4) is 0 Å². The lowest BCUT2D eigenvalue weighted by molar-refractivity contribution is 0.370.